The second-order valence-corrected chi connectivity index (χ2v) is 6.55. The summed E-state index contributed by atoms with van der Waals surface area (Å²) in [5.41, 5.74) is 11.2. The van der Waals surface area contributed by atoms with Crippen LogP contribution in [0.2, 0.25) is 0 Å². The van der Waals surface area contributed by atoms with Crippen LogP contribution in [0.4, 0.5) is 5.69 Å². The van der Waals surface area contributed by atoms with E-state index in [-0.39, 0.29) is 0 Å². The van der Waals surface area contributed by atoms with Crippen molar-refractivity contribution in [2.24, 2.45) is 0 Å². The summed E-state index contributed by atoms with van der Waals surface area (Å²) in [6, 6.07) is 17.2. The Morgan fingerprint density at radius 2 is 2.00 bits per heavy atom. The topological polar surface area (TPSA) is 29.3 Å². The molecule has 0 bridgehead atoms. The number of likely N-dealkylation sites (N-methyl/N-ethyl adjacent to an activating group) is 1. The van der Waals surface area contributed by atoms with Crippen molar-refractivity contribution in [2.75, 3.05) is 25.9 Å². The number of fused-ring (bicyclic) bond motifs is 1. The van der Waals surface area contributed by atoms with E-state index in [1.54, 1.807) is 11.1 Å². The van der Waals surface area contributed by atoms with Crippen molar-refractivity contribution in [3.63, 3.8) is 0 Å². The molecule has 2 nitrogen and oxygen atoms in total. The summed E-state index contributed by atoms with van der Waals surface area (Å²) < 4.78 is 0. The fourth-order valence-corrected chi connectivity index (χ4v) is 3.58. The zero-order valence-corrected chi connectivity index (χ0v) is 13.5. The van der Waals surface area contributed by atoms with Gasteiger partial charge in [-0.25, -0.2) is 0 Å². The van der Waals surface area contributed by atoms with Crippen LogP contribution in [0.15, 0.2) is 48.5 Å². The molecule has 1 atom stereocenters. The summed E-state index contributed by atoms with van der Waals surface area (Å²) in [7, 11) is 2.24. The van der Waals surface area contributed by atoms with Gasteiger partial charge >= 0.3 is 0 Å². The van der Waals surface area contributed by atoms with Gasteiger partial charge in [0.25, 0.3) is 0 Å². The number of hydrogen-bond donors (Lipinski definition) is 1. The van der Waals surface area contributed by atoms with E-state index in [4.69, 9.17) is 5.73 Å². The predicted molar refractivity (Wildman–Crippen MR) is 94.2 cm³/mol. The van der Waals surface area contributed by atoms with Crippen molar-refractivity contribution in [3.05, 3.63) is 65.2 Å². The fraction of sp³-hybridized carbons (Fsp3) is 0.400. The molecule has 0 spiro atoms. The lowest BCUT2D eigenvalue weighted by molar-refractivity contribution is 0.301. The second-order valence-electron chi connectivity index (χ2n) is 6.55. The quantitative estimate of drug-likeness (QED) is 0.848. The SMILES string of the molecule is CN(CCc1cccc(N)c1)CC1CCCc2ccccc21. The van der Waals surface area contributed by atoms with Gasteiger partial charge in [0, 0.05) is 18.8 Å². The van der Waals surface area contributed by atoms with Crippen LogP contribution in [0.3, 0.4) is 0 Å². The minimum Gasteiger partial charge on any atom is -0.399 e. The van der Waals surface area contributed by atoms with Crippen LogP contribution in [0, 0.1) is 0 Å². The Balaban J connectivity index is 1.57. The molecule has 2 N–H and O–H groups in total. The van der Waals surface area contributed by atoms with Gasteiger partial charge in [-0.1, -0.05) is 36.4 Å². The summed E-state index contributed by atoms with van der Waals surface area (Å²) in [6.07, 6.45) is 4.96. The Morgan fingerprint density at radius 3 is 2.86 bits per heavy atom. The zero-order chi connectivity index (χ0) is 15.4. The largest absolute Gasteiger partial charge is 0.399 e. The van der Waals surface area contributed by atoms with Crippen molar-refractivity contribution in [2.45, 2.75) is 31.6 Å². The highest BCUT2D eigenvalue weighted by Gasteiger charge is 2.20. The van der Waals surface area contributed by atoms with E-state index >= 15 is 0 Å². The number of hydrogen-bond acceptors (Lipinski definition) is 2. The molecule has 0 radical (unpaired) electrons. The molecule has 3 rings (SSSR count). The van der Waals surface area contributed by atoms with Gasteiger partial charge in [0.05, 0.1) is 0 Å². The van der Waals surface area contributed by atoms with E-state index in [0.717, 1.165) is 25.2 Å². The molecule has 2 aromatic rings. The third-order valence-corrected chi connectivity index (χ3v) is 4.76. The van der Waals surface area contributed by atoms with Gasteiger partial charge in [0.15, 0.2) is 0 Å². The first-order chi connectivity index (χ1) is 10.7. The molecular formula is C20H26N2. The summed E-state index contributed by atoms with van der Waals surface area (Å²) >= 11 is 0. The van der Waals surface area contributed by atoms with Crippen LogP contribution < -0.4 is 5.73 Å². The van der Waals surface area contributed by atoms with Gasteiger partial charge in [-0.15, -0.1) is 0 Å². The van der Waals surface area contributed by atoms with E-state index in [9.17, 15) is 0 Å². The third kappa shape index (κ3) is 3.69. The van der Waals surface area contributed by atoms with Crippen LogP contribution in [0.1, 0.15) is 35.4 Å². The van der Waals surface area contributed by atoms with E-state index in [0.29, 0.717) is 5.92 Å². The molecule has 1 aliphatic carbocycles. The molecule has 0 saturated heterocycles. The lowest BCUT2D eigenvalue weighted by atomic mass is 9.82. The average Bonchev–Trinajstić information content (AvgIpc) is 2.53. The normalized spacial score (nSPS) is 17.5. The maximum Gasteiger partial charge on any atom is 0.0316 e. The molecule has 2 aromatic carbocycles. The first-order valence-electron chi connectivity index (χ1n) is 8.33. The third-order valence-electron chi connectivity index (χ3n) is 4.76. The monoisotopic (exact) mass is 294 g/mol. The van der Waals surface area contributed by atoms with Crippen molar-refractivity contribution >= 4 is 5.69 Å². The Kier molecular flexibility index (Phi) is 4.79. The number of nitrogens with zero attached hydrogens (tertiary/aromatic N) is 1. The van der Waals surface area contributed by atoms with Crippen molar-refractivity contribution in [1.29, 1.82) is 0 Å². The molecule has 116 valence electrons. The lowest BCUT2D eigenvalue weighted by Crippen LogP contribution is -2.28. The highest BCUT2D eigenvalue weighted by Crippen LogP contribution is 2.31. The Bertz CT molecular complexity index is 621. The van der Waals surface area contributed by atoms with Gasteiger partial charge in [-0.05, 0) is 67.5 Å². The molecule has 0 aromatic heterocycles. The molecule has 1 aliphatic rings. The highest BCUT2D eigenvalue weighted by atomic mass is 15.1. The van der Waals surface area contributed by atoms with Crippen molar-refractivity contribution in [1.82, 2.24) is 4.90 Å². The van der Waals surface area contributed by atoms with Crippen molar-refractivity contribution in [3.8, 4) is 0 Å². The van der Waals surface area contributed by atoms with Gasteiger partial charge in [-0.2, -0.15) is 0 Å². The van der Waals surface area contributed by atoms with Gasteiger partial charge in [-0.3, -0.25) is 0 Å². The molecule has 0 fully saturated rings. The van der Waals surface area contributed by atoms with Gasteiger partial charge < -0.3 is 10.6 Å². The van der Waals surface area contributed by atoms with Crippen LogP contribution in [0.5, 0.6) is 0 Å². The van der Waals surface area contributed by atoms with Crippen LogP contribution in [-0.2, 0) is 12.8 Å². The van der Waals surface area contributed by atoms with E-state index < -0.39 is 0 Å². The summed E-state index contributed by atoms with van der Waals surface area (Å²) in [5.74, 6) is 0.691. The highest BCUT2D eigenvalue weighted by molar-refractivity contribution is 5.40. The smallest absolute Gasteiger partial charge is 0.0316 e. The number of benzene rings is 2. The number of aryl methyl sites for hydroxylation is 1. The van der Waals surface area contributed by atoms with E-state index in [1.807, 2.05) is 12.1 Å². The number of rotatable bonds is 5. The summed E-state index contributed by atoms with van der Waals surface area (Å²) in [5, 5.41) is 0. The summed E-state index contributed by atoms with van der Waals surface area (Å²) in [4.78, 5) is 2.47. The zero-order valence-electron chi connectivity index (χ0n) is 13.5. The molecule has 1 unspecified atom stereocenters. The minimum atomic E-state index is 0.691. The first kappa shape index (κ1) is 15.1. The fourth-order valence-electron chi connectivity index (χ4n) is 3.58. The van der Waals surface area contributed by atoms with Crippen LogP contribution in [0.25, 0.3) is 0 Å². The Hall–Kier alpha value is -1.80. The molecule has 0 amide bonds. The molecule has 0 aliphatic heterocycles. The van der Waals surface area contributed by atoms with Gasteiger partial charge in [0.1, 0.15) is 0 Å². The first-order valence-corrected chi connectivity index (χ1v) is 8.33. The Labute approximate surface area is 134 Å². The number of nitrogen functional groups attached to an aromatic ring is 1. The van der Waals surface area contributed by atoms with Gasteiger partial charge in [0.2, 0.25) is 0 Å². The average molecular weight is 294 g/mol. The van der Waals surface area contributed by atoms with Crippen molar-refractivity contribution < 1.29 is 0 Å². The Morgan fingerprint density at radius 1 is 1.14 bits per heavy atom. The minimum absolute atomic E-state index is 0.691. The van der Waals surface area contributed by atoms with E-state index in [2.05, 4.69) is 48.3 Å². The molecule has 0 saturated carbocycles. The van der Waals surface area contributed by atoms with E-state index in [1.165, 1.54) is 24.8 Å². The number of anilines is 1. The van der Waals surface area contributed by atoms with Crippen LogP contribution >= 0.6 is 0 Å². The maximum absolute atomic E-state index is 5.85. The number of nitrogens with two attached hydrogens (primary N) is 1. The lowest BCUT2D eigenvalue weighted by Gasteiger charge is -2.29. The van der Waals surface area contributed by atoms with Crippen LogP contribution in [-0.4, -0.2) is 25.0 Å². The molecule has 0 heterocycles. The summed E-state index contributed by atoms with van der Waals surface area (Å²) in [6.45, 7) is 2.24. The standard InChI is InChI=1S/C20H26N2/c1-22(13-12-16-6-4-10-19(21)14-16)15-18-9-5-8-17-7-2-3-11-20(17)18/h2-4,6-7,10-11,14,18H,5,8-9,12-13,15,21H2,1H3. The molecular weight excluding hydrogens is 268 g/mol. The predicted octanol–water partition coefficient (Wildman–Crippen LogP) is 3.86. The molecule has 22 heavy (non-hydrogen) atoms. The molecule has 2 heteroatoms. The second kappa shape index (κ2) is 6.97. The maximum atomic E-state index is 5.85.